The van der Waals surface area contributed by atoms with Crippen LogP contribution in [0.4, 0.5) is 0 Å². The van der Waals surface area contributed by atoms with Crippen molar-refractivity contribution in [2.45, 2.75) is 32.7 Å². The number of carbonyl (C=O) groups is 1. The van der Waals surface area contributed by atoms with Gasteiger partial charge in [-0.15, -0.1) is 0 Å². The Labute approximate surface area is 165 Å². The summed E-state index contributed by atoms with van der Waals surface area (Å²) in [4.78, 5) is 20.3. The Kier molecular flexibility index (Phi) is 5.13. The summed E-state index contributed by atoms with van der Waals surface area (Å²) < 4.78 is 1.78. The number of benzene rings is 1. The maximum Gasteiger partial charge on any atom is 0.252 e. The summed E-state index contributed by atoms with van der Waals surface area (Å²) in [6, 6.07) is 9.80. The molecule has 0 bridgehead atoms. The Hall–Kier alpha value is -2.73. The number of nitrogens with one attached hydrogen (secondary N) is 1. The SMILES string of the molecule is Cc1nn(C)cc1-c1cc(C(=O)NC(C)CN2CCCC2)c2ccccc2n1. The minimum atomic E-state index is -0.0481. The molecule has 3 aromatic rings. The average Bonchev–Trinajstić information content (AvgIpc) is 3.29. The van der Waals surface area contributed by atoms with Crippen molar-refractivity contribution in [1.82, 2.24) is 25.0 Å². The molecule has 4 rings (SSSR count). The molecule has 1 aromatic carbocycles. The lowest BCUT2D eigenvalue weighted by molar-refractivity contribution is 0.0933. The maximum atomic E-state index is 13.1. The molecule has 6 heteroatoms. The Morgan fingerprint density at radius 3 is 2.71 bits per heavy atom. The van der Waals surface area contributed by atoms with Crippen molar-refractivity contribution in [2.24, 2.45) is 7.05 Å². The van der Waals surface area contributed by atoms with Gasteiger partial charge in [-0.3, -0.25) is 9.48 Å². The molecule has 1 saturated heterocycles. The summed E-state index contributed by atoms with van der Waals surface area (Å²) in [6.07, 6.45) is 4.46. The van der Waals surface area contributed by atoms with Crippen molar-refractivity contribution in [3.05, 3.63) is 47.8 Å². The zero-order chi connectivity index (χ0) is 19.7. The molecule has 146 valence electrons. The summed E-state index contributed by atoms with van der Waals surface area (Å²) in [5.74, 6) is -0.0481. The van der Waals surface area contributed by atoms with E-state index in [4.69, 9.17) is 4.98 Å². The number of aryl methyl sites for hydroxylation is 2. The third kappa shape index (κ3) is 3.78. The molecule has 3 heterocycles. The minimum absolute atomic E-state index is 0.0481. The van der Waals surface area contributed by atoms with Crippen LogP contribution in [0.3, 0.4) is 0 Å². The molecular formula is C22H27N5O. The third-order valence-corrected chi connectivity index (χ3v) is 5.36. The number of aromatic nitrogens is 3. The first-order chi connectivity index (χ1) is 13.5. The van der Waals surface area contributed by atoms with Gasteiger partial charge in [0, 0.05) is 36.8 Å². The van der Waals surface area contributed by atoms with Gasteiger partial charge in [0.15, 0.2) is 0 Å². The molecule has 0 spiro atoms. The van der Waals surface area contributed by atoms with Crippen LogP contribution in [-0.4, -0.2) is 51.2 Å². The van der Waals surface area contributed by atoms with E-state index < -0.39 is 0 Å². The Balaban J connectivity index is 1.66. The Morgan fingerprint density at radius 1 is 1.25 bits per heavy atom. The smallest absolute Gasteiger partial charge is 0.252 e. The first-order valence-electron chi connectivity index (χ1n) is 9.95. The number of carbonyl (C=O) groups excluding carboxylic acids is 1. The highest BCUT2D eigenvalue weighted by Crippen LogP contribution is 2.26. The largest absolute Gasteiger partial charge is 0.348 e. The van der Waals surface area contributed by atoms with Crippen LogP contribution in [0.2, 0.25) is 0 Å². The minimum Gasteiger partial charge on any atom is -0.348 e. The molecule has 1 N–H and O–H groups in total. The second-order valence-electron chi connectivity index (χ2n) is 7.76. The van der Waals surface area contributed by atoms with Crippen molar-refractivity contribution in [3.8, 4) is 11.3 Å². The number of fused-ring (bicyclic) bond motifs is 1. The summed E-state index contributed by atoms with van der Waals surface area (Å²) in [7, 11) is 1.89. The zero-order valence-electron chi connectivity index (χ0n) is 16.8. The van der Waals surface area contributed by atoms with Gasteiger partial charge in [0.05, 0.1) is 22.5 Å². The zero-order valence-corrected chi connectivity index (χ0v) is 16.8. The first kappa shape index (κ1) is 18.6. The number of amides is 1. The highest BCUT2D eigenvalue weighted by atomic mass is 16.1. The summed E-state index contributed by atoms with van der Waals surface area (Å²) in [5, 5.41) is 8.48. The molecule has 1 fully saturated rings. The highest BCUT2D eigenvalue weighted by molar-refractivity contribution is 6.07. The van der Waals surface area contributed by atoms with Crippen LogP contribution in [-0.2, 0) is 7.05 Å². The highest BCUT2D eigenvalue weighted by Gasteiger charge is 2.19. The van der Waals surface area contributed by atoms with Gasteiger partial charge in [-0.2, -0.15) is 5.10 Å². The van der Waals surface area contributed by atoms with Crippen LogP contribution in [0.25, 0.3) is 22.2 Å². The van der Waals surface area contributed by atoms with E-state index in [1.54, 1.807) is 4.68 Å². The van der Waals surface area contributed by atoms with Crippen LogP contribution >= 0.6 is 0 Å². The monoisotopic (exact) mass is 377 g/mol. The van der Waals surface area contributed by atoms with E-state index in [9.17, 15) is 4.79 Å². The van der Waals surface area contributed by atoms with Crippen molar-refractivity contribution in [3.63, 3.8) is 0 Å². The summed E-state index contributed by atoms with van der Waals surface area (Å²) in [6.45, 7) is 7.19. The van der Waals surface area contributed by atoms with E-state index in [0.29, 0.717) is 5.56 Å². The fraction of sp³-hybridized carbons (Fsp3) is 0.409. The van der Waals surface area contributed by atoms with E-state index >= 15 is 0 Å². The van der Waals surface area contributed by atoms with Crippen molar-refractivity contribution >= 4 is 16.8 Å². The van der Waals surface area contributed by atoms with Gasteiger partial charge < -0.3 is 10.2 Å². The molecule has 0 radical (unpaired) electrons. The van der Waals surface area contributed by atoms with E-state index in [1.165, 1.54) is 12.8 Å². The average molecular weight is 377 g/mol. The number of hydrogen-bond acceptors (Lipinski definition) is 4. The predicted molar refractivity (Wildman–Crippen MR) is 111 cm³/mol. The van der Waals surface area contributed by atoms with Crippen LogP contribution < -0.4 is 5.32 Å². The molecule has 1 amide bonds. The van der Waals surface area contributed by atoms with Crippen LogP contribution in [0.5, 0.6) is 0 Å². The van der Waals surface area contributed by atoms with Gasteiger partial charge in [0.2, 0.25) is 0 Å². The van der Waals surface area contributed by atoms with E-state index in [2.05, 4.69) is 22.2 Å². The molecule has 1 unspecified atom stereocenters. The molecule has 1 aliphatic rings. The molecule has 1 atom stereocenters. The second kappa shape index (κ2) is 7.72. The van der Waals surface area contributed by atoms with Crippen molar-refractivity contribution in [2.75, 3.05) is 19.6 Å². The van der Waals surface area contributed by atoms with Crippen LogP contribution in [0.1, 0.15) is 35.8 Å². The van der Waals surface area contributed by atoms with Gasteiger partial charge >= 0.3 is 0 Å². The number of nitrogens with zero attached hydrogens (tertiary/aromatic N) is 4. The fourth-order valence-corrected chi connectivity index (χ4v) is 4.05. The number of para-hydroxylation sites is 1. The van der Waals surface area contributed by atoms with Crippen molar-refractivity contribution < 1.29 is 4.79 Å². The molecule has 28 heavy (non-hydrogen) atoms. The molecule has 0 aliphatic carbocycles. The Morgan fingerprint density at radius 2 is 2.00 bits per heavy atom. The first-order valence-corrected chi connectivity index (χ1v) is 9.95. The number of rotatable bonds is 5. The lowest BCUT2D eigenvalue weighted by Crippen LogP contribution is -2.41. The maximum absolute atomic E-state index is 13.1. The lowest BCUT2D eigenvalue weighted by Gasteiger charge is -2.21. The normalized spacial score (nSPS) is 15.8. The second-order valence-corrected chi connectivity index (χ2v) is 7.76. The number of hydrogen-bond donors (Lipinski definition) is 1. The summed E-state index contributed by atoms with van der Waals surface area (Å²) in [5.41, 5.74) is 4.12. The van der Waals surface area contributed by atoms with Gasteiger partial charge in [-0.05, 0) is 51.9 Å². The van der Waals surface area contributed by atoms with Gasteiger partial charge in [-0.25, -0.2) is 4.98 Å². The number of pyridine rings is 1. The molecule has 0 saturated carbocycles. The van der Waals surface area contributed by atoms with E-state index in [1.807, 2.05) is 50.5 Å². The van der Waals surface area contributed by atoms with E-state index in [-0.39, 0.29) is 11.9 Å². The molecular weight excluding hydrogens is 350 g/mol. The number of likely N-dealkylation sites (tertiary alicyclic amines) is 1. The van der Waals surface area contributed by atoms with Crippen molar-refractivity contribution in [1.29, 1.82) is 0 Å². The fourth-order valence-electron chi connectivity index (χ4n) is 4.05. The van der Waals surface area contributed by atoms with Crippen LogP contribution in [0.15, 0.2) is 36.5 Å². The topological polar surface area (TPSA) is 63.1 Å². The lowest BCUT2D eigenvalue weighted by atomic mass is 10.0. The van der Waals surface area contributed by atoms with Gasteiger partial charge in [0.1, 0.15) is 0 Å². The summed E-state index contributed by atoms with van der Waals surface area (Å²) >= 11 is 0. The van der Waals surface area contributed by atoms with Gasteiger partial charge in [0.25, 0.3) is 5.91 Å². The standard InChI is InChI=1S/C22H27N5O/c1-15(13-27-10-6-7-11-27)23-22(28)18-12-21(19-14-26(3)25-16(19)2)24-20-9-5-4-8-17(18)20/h4-5,8-9,12,14-15H,6-7,10-11,13H2,1-3H3,(H,23,28). The van der Waals surface area contributed by atoms with E-state index in [0.717, 1.165) is 47.5 Å². The predicted octanol–water partition coefficient (Wildman–Crippen LogP) is 3.16. The molecule has 6 nitrogen and oxygen atoms in total. The van der Waals surface area contributed by atoms with Crippen LogP contribution in [0, 0.1) is 6.92 Å². The quantitative estimate of drug-likeness (QED) is 0.742. The van der Waals surface area contributed by atoms with Gasteiger partial charge in [-0.1, -0.05) is 18.2 Å². The molecule has 2 aromatic heterocycles. The third-order valence-electron chi connectivity index (χ3n) is 5.36. The molecule has 1 aliphatic heterocycles. The Bertz CT molecular complexity index is 1000.